The number of nitrogens with one attached hydrogen (secondary N) is 1. The zero-order valence-corrected chi connectivity index (χ0v) is 12.6. The zero-order valence-electron chi connectivity index (χ0n) is 12.6. The zero-order chi connectivity index (χ0) is 15.0. The highest BCUT2D eigenvalue weighted by atomic mass is 16.2. The molecular formula is C17H22N2O2. The van der Waals surface area contributed by atoms with E-state index in [1.54, 1.807) is 4.90 Å². The van der Waals surface area contributed by atoms with E-state index < -0.39 is 0 Å². The Hall–Kier alpha value is -1.84. The molecule has 112 valence electrons. The van der Waals surface area contributed by atoms with Gasteiger partial charge in [0.25, 0.3) is 0 Å². The van der Waals surface area contributed by atoms with Crippen molar-refractivity contribution in [2.75, 3.05) is 0 Å². The van der Waals surface area contributed by atoms with Gasteiger partial charge in [0.1, 0.15) is 12.1 Å². The molecule has 3 unspecified atom stereocenters. The molecule has 1 saturated heterocycles. The average Bonchev–Trinajstić information content (AvgIpc) is 3.28. The Bertz CT molecular complexity index is 539. The van der Waals surface area contributed by atoms with Gasteiger partial charge in [0.15, 0.2) is 0 Å². The second-order valence-electron chi connectivity index (χ2n) is 6.28. The van der Waals surface area contributed by atoms with Crippen LogP contribution in [0.25, 0.3) is 0 Å². The molecule has 4 heteroatoms. The second kappa shape index (κ2) is 5.51. The van der Waals surface area contributed by atoms with Crippen molar-refractivity contribution in [2.45, 2.75) is 51.2 Å². The highest BCUT2D eigenvalue weighted by Gasteiger charge is 2.46. The molecule has 2 fully saturated rings. The van der Waals surface area contributed by atoms with Gasteiger partial charge in [-0.15, -0.1) is 0 Å². The standard InChI is InChI=1S/C17H22N2O2/c1-11(10-13-6-4-3-5-7-13)19-12(2)16(20)18-15(17(19)21)14-8-9-14/h3-7,11-12,14-15H,8-10H2,1-2H3,(H,18,20). The van der Waals surface area contributed by atoms with Crippen molar-refractivity contribution in [3.05, 3.63) is 35.9 Å². The summed E-state index contributed by atoms with van der Waals surface area (Å²) in [5, 5.41) is 2.90. The molecular weight excluding hydrogens is 264 g/mol. The molecule has 1 heterocycles. The summed E-state index contributed by atoms with van der Waals surface area (Å²) >= 11 is 0. The quantitative estimate of drug-likeness (QED) is 0.916. The summed E-state index contributed by atoms with van der Waals surface area (Å²) in [6.45, 7) is 3.85. The van der Waals surface area contributed by atoms with Crippen LogP contribution in [0.2, 0.25) is 0 Å². The van der Waals surface area contributed by atoms with E-state index in [4.69, 9.17) is 0 Å². The number of piperazine rings is 1. The monoisotopic (exact) mass is 286 g/mol. The SMILES string of the molecule is CC(Cc1ccccc1)N1C(=O)C(C2CC2)NC(=O)C1C. The minimum Gasteiger partial charge on any atom is -0.342 e. The largest absolute Gasteiger partial charge is 0.342 e. The summed E-state index contributed by atoms with van der Waals surface area (Å²) in [6.07, 6.45) is 2.87. The van der Waals surface area contributed by atoms with Crippen molar-refractivity contribution in [2.24, 2.45) is 5.92 Å². The first-order chi connectivity index (χ1) is 10.1. The lowest BCUT2D eigenvalue weighted by Crippen LogP contribution is -2.65. The van der Waals surface area contributed by atoms with Crippen LogP contribution in [-0.4, -0.2) is 34.8 Å². The predicted octanol–water partition coefficient (Wildman–Crippen LogP) is 1.74. The fourth-order valence-corrected chi connectivity index (χ4v) is 3.21. The number of carbonyl (C=O) groups excluding carboxylic acids is 2. The molecule has 2 aliphatic rings. The van der Waals surface area contributed by atoms with Gasteiger partial charge in [0.2, 0.25) is 11.8 Å². The van der Waals surface area contributed by atoms with Crippen LogP contribution in [0.1, 0.15) is 32.3 Å². The minimum absolute atomic E-state index is 0.0218. The first-order valence-electron chi connectivity index (χ1n) is 7.74. The number of benzene rings is 1. The summed E-state index contributed by atoms with van der Waals surface area (Å²) in [6, 6.07) is 9.47. The third-order valence-electron chi connectivity index (χ3n) is 4.56. The van der Waals surface area contributed by atoms with Crippen molar-refractivity contribution < 1.29 is 9.59 Å². The van der Waals surface area contributed by atoms with Crippen LogP contribution in [0.4, 0.5) is 0 Å². The Morgan fingerprint density at radius 1 is 1.24 bits per heavy atom. The molecule has 1 aromatic rings. The van der Waals surface area contributed by atoms with Gasteiger partial charge in [-0.2, -0.15) is 0 Å². The summed E-state index contributed by atoms with van der Waals surface area (Å²) in [5.41, 5.74) is 1.19. The van der Waals surface area contributed by atoms with Gasteiger partial charge in [0.05, 0.1) is 0 Å². The fourth-order valence-electron chi connectivity index (χ4n) is 3.21. The number of nitrogens with zero attached hydrogens (tertiary/aromatic N) is 1. The van der Waals surface area contributed by atoms with E-state index in [2.05, 4.69) is 17.4 Å². The van der Waals surface area contributed by atoms with E-state index in [1.165, 1.54) is 5.56 Å². The molecule has 1 saturated carbocycles. The topological polar surface area (TPSA) is 49.4 Å². The maximum atomic E-state index is 12.7. The van der Waals surface area contributed by atoms with Crippen molar-refractivity contribution >= 4 is 11.8 Å². The van der Waals surface area contributed by atoms with Crippen molar-refractivity contribution in [3.8, 4) is 0 Å². The lowest BCUT2D eigenvalue weighted by atomic mass is 9.99. The molecule has 1 aliphatic carbocycles. The molecule has 1 aromatic carbocycles. The molecule has 0 radical (unpaired) electrons. The van der Waals surface area contributed by atoms with Crippen LogP contribution in [0.5, 0.6) is 0 Å². The molecule has 1 aliphatic heterocycles. The second-order valence-corrected chi connectivity index (χ2v) is 6.28. The summed E-state index contributed by atoms with van der Waals surface area (Å²) in [7, 11) is 0. The van der Waals surface area contributed by atoms with Crippen molar-refractivity contribution in [1.82, 2.24) is 10.2 Å². The lowest BCUT2D eigenvalue weighted by molar-refractivity contribution is -0.151. The van der Waals surface area contributed by atoms with E-state index >= 15 is 0 Å². The molecule has 3 rings (SSSR count). The normalized spacial score (nSPS) is 27.4. The van der Waals surface area contributed by atoms with Gasteiger partial charge in [-0.05, 0) is 44.6 Å². The van der Waals surface area contributed by atoms with Gasteiger partial charge in [-0.1, -0.05) is 30.3 Å². The van der Waals surface area contributed by atoms with Crippen molar-refractivity contribution in [1.29, 1.82) is 0 Å². The maximum Gasteiger partial charge on any atom is 0.246 e. The van der Waals surface area contributed by atoms with E-state index in [1.807, 2.05) is 32.0 Å². The van der Waals surface area contributed by atoms with Crippen LogP contribution in [0.3, 0.4) is 0 Å². The highest BCUT2D eigenvalue weighted by Crippen LogP contribution is 2.35. The Balaban J connectivity index is 1.77. The maximum absolute atomic E-state index is 12.7. The smallest absolute Gasteiger partial charge is 0.246 e. The number of hydrogen-bond acceptors (Lipinski definition) is 2. The summed E-state index contributed by atoms with van der Waals surface area (Å²) in [4.78, 5) is 26.6. The molecule has 0 bridgehead atoms. The highest BCUT2D eigenvalue weighted by molar-refractivity contribution is 5.97. The van der Waals surface area contributed by atoms with Crippen LogP contribution >= 0.6 is 0 Å². The van der Waals surface area contributed by atoms with Gasteiger partial charge in [-0.25, -0.2) is 0 Å². The third kappa shape index (κ3) is 2.80. The number of amides is 2. The Labute approximate surface area is 125 Å². The molecule has 0 aromatic heterocycles. The minimum atomic E-state index is -0.383. The van der Waals surface area contributed by atoms with E-state index in [-0.39, 0.29) is 29.9 Å². The van der Waals surface area contributed by atoms with Gasteiger partial charge in [0, 0.05) is 6.04 Å². The van der Waals surface area contributed by atoms with E-state index in [0.717, 1.165) is 19.3 Å². The van der Waals surface area contributed by atoms with Gasteiger partial charge >= 0.3 is 0 Å². The summed E-state index contributed by atoms with van der Waals surface area (Å²) < 4.78 is 0. The van der Waals surface area contributed by atoms with E-state index in [0.29, 0.717) is 5.92 Å². The van der Waals surface area contributed by atoms with E-state index in [9.17, 15) is 9.59 Å². The van der Waals surface area contributed by atoms with Gasteiger partial charge in [-0.3, -0.25) is 9.59 Å². The Kier molecular flexibility index (Phi) is 3.70. The predicted molar refractivity (Wildman–Crippen MR) is 80.6 cm³/mol. The van der Waals surface area contributed by atoms with Crippen LogP contribution in [-0.2, 0) is 16.0 Å². The molecule has 2 amide bonds. The molecule has 21 heavy (non-hydrogen) atoms. The van der Waals surface area contributed by atoms with Crippen LogP contribution < -0.4 is 5.32 Å². The number of rotatable bonds is 4. The lowest BCUT2D eigenvalue weighted by Gasteiger charge is -2.41. The van der Waals surface area contributed by atoms with Crippen LogP contribution in [0.15, 0.2) is 30.3 Å². The third-order valence-corrected chi connectivity index (χ3v) is 4.56. The number of hydrogen-bond donors (Lipinski definition) is 1. The molecule has 1 N–H and O–H groups in total. The summed E-state index contributed by atoms with van der Waals surface area (Å²) in [5.74, 6) is 0.416. The Morgan fingerprint density at radius 3 is 2.52 bits per heavy atom. The van der Waals surface area contributed by atoms with Gasteiger partial charge < -0.3 is 10.2 Å². The molecule has 3 atom stereocenters. The van der Waals surface area contributed by atoms with Crippen molar-refractivity contribution in [3.63, 3.8) is 0 Å². The average molecular weight is 286 g/mol. The Morgan fingerprint density at radius 2 is 1.90 bits per heavy atom. The molecule has 4 nitrogen and oxygen atoms in total. The molecule has 0 spiro atoms. The first kappa shape index (κ1) is 14.1. The fraction of sp³-hybridized carbons (Fsp3) is 0.529. The number of carbonyl (C=O) groups is 2. The van der Waals surface area contributed by atoms with Crippen LogP contribution in [0, 0.1) is 5.92 Å². The first-order valence-corrected chi connectivity index (χ1v) is 7.74.